The van der Waals surface area contributed by atoms with Gasteiger partial charge < -0.3 is 15.0 Å². The molecule has 1 saturated heterocycles. The summed E-state index contributed by atoms with van der Waals surface area (Å²) >= 11 is 14.1. The van der Waals surface area contributed by atoms with Crippen LogP contribution in [0, 0.1) is 0 Å². The molecule has 1 aromatic carbocycles. The van der Waals surface area contributed by atoms with Crippen molar-refractivity contribution in [3.05, 3.63) is 23.2 Å². The highest BCUT2D eigenvalue weighted by molar-refractivity contribution is 8.23. The number of ether oxygens (including phenoxy) is 1. The van der Waals surface area contributed by atoms with E-state index in [0.29, 0.717) is 23.4 Å². The number of fused-ring (bicyclic) bond motifs is 1. The Hall–Kier alpha value is -0.930. The second-order valence-electron chi connectivity index (χ2n) is 4.83. The Morgan fingerprint density at radius 2 is 2.26 bits per heavy atom. The summed E-state index contributed by atoms with van der Waals surface area (Å²) in [5, 5.41) is 4.04. The number of benzene rings is 1. The van der Waals surface area contributed by atoms with E-state index in [2.05, 4.69) is 15.2 Å². The molecule has 2 heterocycles. The van der Waals surface area contributed by atoms with Crippen LogP contribution >= 0.6 is 46.9 Å². The van der Waals surface area contributed by atoms with Crippen LogP contribution in [0.25, 0.3) is 10.2 Å². The molecule has 5 nitrogen and oxygen atoms in total. The molecular weight excluding hydrogens is 374 g/mol. The largest absolute Gasteiger partial charge is 0.378 e. The Balaban J connectivity index is 1.52. The maximum atomic E-state index is 12.0. The molecule has 0 saturated carbocycles. The van der Waals surface area contributed by atoms with Gasteiger partial charge in [-0.25, -0.2) is 4.98 Å². The van der Waals surface area contributed by atoms with Gasteiger partial charge in [0.25, 0.3) is 0 Å². The van der Waals surface area contributed by atoms with E-state index < -0.39 is 0 Å². The molecule has 1 aromatic heterocycles. The van der Waals surface area contributed by atoms with Crippen LogP contribution < -0.4 is 5.32 Å². The van der Waals surface area contributed by atoms with Gasteiger partial charge in [-0.05, 0) is 18.2 Å². The molecule has 122 valence electrons. The maximum Gasteiger partial charge on any atom is 0.236 e. The number of morpholine rings is 1. The lowest BCUT2D eigenvalue weighted by Crippen LogP contribution is -2.39. The summed E-state index contributed by atoms with van der Waals surface area (Å²) in [7, 11) is 0. The number of nitrogens with one attached hydrogen (secondary N) is 1. The van der Waals surface area contributed by atoms with Crippen molar-refractivity contribution in [1.82, 2.24) is 9.88 Å². The first-order valence-corrected chi connectivity index (χ1v) is 9.56. The lowest BCUT2D eigenvalue weighted by Gasteiger charge is -2.28. The van der Waals surface area contributed by atoms with Crippen LogP contribution in [0.15, 0.2) is 18.2 Å². The van der Waals surface area contributed by atoms with Crippen LogP contribution in [0.3, 0.4) is 0 Å². The summed E-state index contributed by atoms with van der Waals surface area (Å²) in [5.74, 6) is 0.156. The number of carbonyl (C=O) groups excluding carboxylic acids is 1. The fourth-order valence-electron chi connectivity index (χ4n) is 2.07. The quantitative estimate of drug-likeness (QED) is 0.816. The van der Waals surface area contributed by atoms with Crippen molar-refractivity contribution in [2.75, 3.05) is 37.4 Å². The number of thiocarbonyl (C=S) groups is 1. The minimum Gasteiger partial charge on any atom is -0.378 e. The zero-order valence-electron chi connectivity index (χ0n) is 12.1. The predicted molar refractivity (Wildman–Crippen MR) is 101 cm³/mol. The van der Waals surface area contributed by atoms with Crippen LogP contribution in [-0.2, 0) is 9.53 Å². The third kappa shape index (κ3) is 4.54. The molecule has 0 unspecified atom stereocenters. The number of thiazole rings is 1. The van der Waals surface area contributed by atoms with Crippen LogP contribution in [0.1, 0.15) is 0 Å². The van der Waals surface area contributed by atoms with Gasteiger partial charge in [0.05, 0.1) is 29.2 Å². The van der Waals surface area contributed by atoms with Crippen LogP contribution in [0.4, 0.5) is 5.13 Å². The Morgan fingerprint density at radius 1 is 1.48 bits per heavy atom. The van der Waals surface area contributed by atoms with Crippen molar-refractivity contribution < 1.29 is 9.53 Å². The molecular formula is C14H14ClN3O2S3. The van der Waals surface area contributed by atoms with E-state index in [1.807, 2.05) is 12.1 Å². The zero-order chi connectivity index (χ0) is 16.2. The van der Waals surface area contributed by atoms with Crippen molar-refractivity contribution in [3.8, 4) is 0 Å². The minimum atomic E-state index is -0.115. The van der Waals surface area contributed by atoms with Gasteiger partial charge in [-0.15, -0.1) is 0 Å². The van der Waals surface area contributed by atoms with E-state index in [-0.39, 0.29) is 11.7 Å². The van der Waals surface area contributed by atoms with Gasteiger partial charge in [-0.1, -0.05) is 46.9 Å². The van der Waals surface area contributed by atoms with Gasteiger partial charge in [0.15, 0.2) is 5.13 Å². The standard InChI is InChI=1S/C14H14ClN3O2S3/c15-9-1-2-10-11(7-9)23-13(16-10)17-12(19)8-22-14(21)18-3-5-20-6-4-18/h1-2,7H,3-6,8H2,(H,16,17,19). The molecule has 0 aliphatic carbocycles. The molecule has 1 aliphatic rings. The number of hydrogen-bond acceptors (Lipinski definition) is 6. The average Bonchev–Trinajstić information content (AvgIpc) is 2.94. The molecule has 1 fully saturated rings. The number of amides is 1. The van der Waals surface area contributed by atoms with Crippen molar-refractivity contribution in [1.29, 1.82) is 0 Å². The van der Waals surface area contributed by atoms with Gasteiger partial charge in [-0.2, -0.15) is 0 Å². The molecule has 2 aromatic rings. The highest BCUT2D eigenvalue weighted by atomic mass is 35.5. The Bertz CT molecular complexity index is 731. The molecule has 1 amide bonds. The molecule has 0 radical (unpaired) electrons. The normalized spacial score (nSPS) is 14.9. The van der Waals surface area contributed by atoms with Crippen molar-refractivity contribution >= 4 is 72.5 Å². The van der Waals surface area contributed by atoms with Crippen molar-refractivity contribution in [3.63, 3.8) is 0 Å². The van der Waals surface area contributed by atoms with E-state index in [0.717, 1.165) is 27.6 Å². The molecule has 23 heavy (non-hydrogen) atoms. The first-order chi connectivity index (χ1) is 11.1. The van der Waals surface area contributed by atoms with E-state index in [9.17, 15) is 4.79 Å². The van der Waals surface area contributed by atoms with Crippen molar-refractivity contribution in [2.24, 2.45) is 0 Å². The number of nitrogens with zero attached hydrogens (tertiary/aromatic N) is 2. The van der Waals surface area contributed by atoms with Gasteiger partial charge in [0.2, 0.25) is 5.91 Å². The first-order valence-electron chi connectivity index (χ1n) is 6.97. The fraction of sp³-hybridized carbons (Fsp3) is 0.357. The summed E-state index contributed by atoms with van der Waals surface area (Å²) < 4.78 is 6.97. The number of anilines is 1. The molecule has 0 bridgehead atoms. The predicted octanol–water partition coefficient (Wildman–Crippen LogP) is 3.24. The smallest absolute Gasteiger partial charge is 0.236 e. The summed E-state index contributed by atoms with van der Waals surface area (Å²) in [4.78, 5) is 18.5. The lowest BCUT2D eigenvalue weighted by molar-refractivity contribution is -0.113. The molecule has 9 heteroatoms. The second-order valence-corrected chi connectivity index (χ2v) is 7.91. The molecule has 1 aliphatic heterocycles. The van der Waals surface area contributed by atoms with E-state index in [1.54, 1.807) is 6.07 Å². The second kappa shape index (κ2) is 7.76. The monoisotopic (exact) mass is 387 g/mol. The van der Waals surface area contributed by atoms with Gasteiger partial charge in [0.1, 0.15) is 4.32 Å². The molecule has 3 rings (SSSR count). The van der Waals surface area contributed by atoms with Gasteiger partial charge in [0, 0.05) is 18.1 Å². The Morgan fingerprint density at radius 3 is 3.04 bits per heavy atom. The topological polar surface area (TPSA) is 54.5 Å². The van der Waals surface area contributed by atoms with Crippen LogP contribution in [-0.4, -0.2) is 52.2 Å². The number of carbonyl (C=O) groups is 1. The number of thioether (sulfide) groups is 1. The first kappa shape index (κ1) is 16.9. The molecule has 1 N–H and O–H groups in total. The Kier molecular flexibility index (Phi) is 5.71. The number of aromatic nitrogens is 1. The van der Waals surface area contributed by atoms with Crippen molar-refractivity contribution in [2.45, 2.75) is 0 Å². The maximum absolute atomic E-state index is 12.0. The number of halogens is 1. The number of rotatable bonds is 3. The molecule has 0 atom stereocenters. The average molecular weight is 388 g/mol. The summed E-state index contributed by atoms with van der Waals surface area (Å²) in [6.45, 7) is 2.93. The van der Waals surface area contributed by atoms with Gasteiger partial charge >= 0.3 is 0 Å². The third-order valence-electron chi connectivity index (χ3n) is 3.19. The zero-order valence-corrected chi connectivity index (χ0v) is 15.3. The number of hydrogen-bond donors (Lipinski definition) is 1. The summed E-state index contributed by atoms with van der Waals surface area (Å²) in [6.07, 6.45) is 0. The van der Waals surface area contributed by atoms with E-state index >= 15 is 0 Å². The third-order valence-corrected chi connectivity index (χ3v) is 5.88. The lowest BCUT2D eigenvalue weighted by atomic mass is 10.3. The molecule has 0 spiro atoms. The van der Waals surface area contributed by atoms with Gasteiger partial charge in [-0.3, -0.25) is 4.79 Å². The van der Waals surface area contributed by atoms with E-state index in [4.69, 9.17) is 28.6 Å². The minimum absolute atomic E-state index is 0.115. The highest BCUT2D eigenvalue weighted by Gasteiger charge is 2.16. The highest BCUT2D eigenvalue weighted by Crippen LogP contribution is 2.28. The summed E-state index contributed by atoms with van der Waals surface area (Å²) in [5.41, 5.74) is 0.825. The van der Waals surface area contributed by atoms with Crippen LogP contribution in [0.2, 0.25) is 5.02 Å². The fourth-order valence-corrected chi connectivity index (χ4v) is 4.28. The summed E-state index contributed by atoms with van der Waals surface area (Å²) in [6, 6.07) is 5.46. The van der Waals surface area contributed by atoms with Crippen LogP contribution in [0.5, 0.6) is 0 Å². The Labute approximate surface area is 152 Å². The van der Waals surface area contributed by atoms with E-state index in [1.165, 1.54) is 23.1 Å². The SMILES string of the molecule is O=C(CSC(=S)N1CCOCC1)Nc1nc2ccc(Cl)cc2s1.